The van der Waals surface area contributed by atoms with E-state index in [0.717, 1.165) is 5.69 Å². The van der Waals surface area contributed by atoms with E-state index in [-0.39, 0.29) is 5.91 Å². The van der Waals surface area contributed by atoms with Crippen LogP contribution in [0.4, 0.5) is 0 Å². The second-order valence-corrected chi connectivity index (χ2v) is 6.72. The molecule has 0 fully saturated rings. The Hall–Kier alpha value is -2.57. The SMILES string of the molecule is COc1ccc(CN(C)C(=O)c2c(-c3c(Cl)cccc3Cl)noc2C)nc1. The van der Waals surface area contributed by atoms with Crippen molar-refractivity contribution in [2.24, 2.45) is 0 Å². The highest BCUT2D eigenvalue weighted by molar-refractivity contribution is 6.39. The molecule has 0 N–H and O–H groups in total. The summed E-state index contributed by atoms with van der Waals surface area (Å²) in [7, 11) is 3.25. The first-order valence-electron chi connectivity index (χ1n) is 8.07. The second kappa shape index (κ2) is 7.98. The number of benzene rings is 1. The molecule has 0 saturated heterocycles. The molecule has 8 heteroatoms. The minimum atomic E-state index is -0.266. The van der Waals surface area contributed by atoms with Crippen molar-refractivity contribution < 1.29 is 14.1 Å². The van der Waals surface area contributed by atoms with Crippen molar-refractivity contribution in [2.75, 3.05) is 14.2 Å². The van der Waals surface area contributed by atoms with E-state index >= 15 is 0 Å². The normalized spacial score (nSPS) is 10.7. The molecule has 3 aromatic rings. The average molecular weight is 406 g/mol. The molecule has 3 rings (SSSR count). The van der Waals surface area contributed by atoms with E-state index in [4.69, 9.17) is 32.5 Å². The van der Waals surface area contributed by atoms with Crippen LogP contribution in [-0.2, 0) is 6.54 Å². The van der Waals surface area contributed by atoms with Gasteiger partial charge < -0.3 is 14.2 Å². The number of carbonyl (C=O) groups is 1. The molecule has 2 heterocycles. The molecular formula is C19H17Cl2N3O3. The van der Waals surface area contributed by atoms with Gasteiger partial charge in [-0.25, -0.2) is 0 Å². The Labute approximate surface area is 166 Å². The third kappa shape index (κ3) is 3.91. The molecular weight excluding hydrogens is 389 g/mol. The Bertz CT molecular complexity index is 951. The number of ether oxygens (including phenoxy) is 1. The summed E-state index contributed by atoms with van der Waals surface area (Å²) in [4.78, 5) is 18.9. The number of pyridine rings is 1. The molecule has 0 spiro atoms. The van der Waals surface area contributed by atoms with Gasteiger partial charge in [-0.3, -0.25) is 9.78 Å². The number of aromatic nitrogens is 2. The van der Waals surface area contributed by atoms with Crippen LogP contribution in [0.3, 0.4) is 0 Å². The topological polar surface area (TPSA) is 68.5 Å². The molecule has 0 radical (unpaired) electrons. The number of methoxy groups -OCH3 is 1. The lowest BCUT2D eigenvalue weighted by Gasteiger charge is -2.17. The van der Waals surface area contributed by atoms with E-state index < -0.39 is 0 Å². The number of nitrogens with zero attached hydrogens (tertiary/aromatic N) is 3. The molecule has 0 aliphatic heterocycles. The van der Waals surface area contributed by atoms with Gasteiger partial charge in [0.2, 0.25) is 0 Å². The zero-order chi connectivity index (χ0) is 19.6. The van der Waals surface area contributed by atoms with Crippen LogP contribution in [0, 0.1) is 6.92 Å². The third-order valence-corrected chi connectivity index (χ3v) is 4.69. The summed E-state index contributed by atoms with van der Waals surface area (Å²) in [5, 5.41) is 4.80. The fourth-order valence-corrected chi connectivity index (χ4v) is 3.23. The molecule has 140 valence electrons. The lowest BCUT2D eigenvalue weighted by atomic mass is 10.0. The van der Waals surface area contributed by atoms with Crippen molar-refractivity contribution in [3.8, 4) is 17.0 Å². The van der Waals surface area contributed by atoms with Gasteiger partial charge >= 0.3 is 0 Å². The maximum Gasteiger partial charge on any atom is 0.259 e. The van der Waals surface area contributed by atoms with Gasteiger partial charge in [0.05, 0.1) is 35.6 Å². The molecule has 27 heavy (non-hydrogen) atoms. The van der Waals surface area contributed by atoms with E-state index in [1.54, 1.807) is 57.6 Å². The van der Waals surface area contributed by atoms with Gasteiger partial charge in [-0.2, -0.15) is 0 Å². The number of amides is 1. The van der Waals surface area contributed by atoms with Crippen molar-refractivity contribution in [2.45, 2.75) is 13.5 Å². The first-order chi connectivity index (χ1) is 12.9. The van der Waals surface area contributed by atoms with E-state index in [0.29, 0.717) is 44.9 Å². The van der Waals surface area contributed by atoms with Gasteiger partial charge in [0.25, 0.3) is 5.91 Å². The predicted octanol–water partition coefficient (Wildman–Crippen LogP) is 4.63. The smallest absolute Gasteiger partial charge is 0.259 e. The van der Waals surface area contributed by atoms with Crippen LogP contribution in [0.25, 0.3) is 11.3 Å². The van der Waals surface area contributed by atoms with Gasteiger partial charge in [0, 0.05) is 12.6 Å². The Morgan fingerprint density at radius 1 is 1.22 bits per heavy atom. The van der Waals surface area contributed by atoms with E-state index in [2.05, 4.69) is 10.1 Å². The zero-order valence-corrected chi connectivity index (χ0v) is 16.5. The van der Waals surface area contributed by atoms with Crippen LogP contribution < -0.4 is 4.74 Å². The van der Waals surface area contributed by atoms with Crippen molar-refractivity contribution >= 4 is 29.1 Å². The van der Waals surface area contributed by atoms with Crippen LogP contribution in [0.2, 0.25) is 10.0 Å². The van der Waals surface area contributed by atoms with E-state index in [1.165, 1.54) is 4.90 Å². The summed E-state index contributed by atoms with van der Waals surface area (Å²) in [5.41, 5.74) is 1.83. The molecule has 0 aliphatic carbocycles. The molecule has 1 amide bonds. The highest BCUT2D eigenvalue weighted by Crippen LogP contribution is 2.37. The van der Waals surface area contributed by atoms with Gasteiger partial charge in [0.15, 0.2) is 0 Å². The van der Waals surface area contributed by atoms with Crippen molar-refractivity contribution in [3.63, 3.8) is 0 Å². The highest BCUT2D eigenvalue weighted by Gasteiger charge is 2.27. The summed E-state index contributed by atoms with van der Waals surface area (Å²) in [6, 6.07) is 8.69. The van der Waals surface area contributed by atoms with Crippen molar-refractivity contribution in [1.82, 2.24) is 15.0 Å². The number of hydrogen-bond donors (Lipinski definition) is 0. The maximum atomic E-state index is 13.1. The average Bonchev–Trinajstić information content (AvgIpc) is 3.02. The number of carbonyl (C=O) groups excluding carboxylic acids is 1. The molecule has 6 nitrogen and oxygen atoms in total. The second-order valence-electron chi connectivity index (χ2n) is 5.91. The number of aryl methyl sites for hydroxylation is 1. The van der Waals surface area contributed by atoms with Gasteiger partial charge in [0.1, 0.15) is 22.8 Å². The van der Waals surface area contributed by atoms with E-state index in [1.807, 2.05) is 0 Å². The number of rotatable bonds is 5. The molecule has 0 aliphatic rings. The Kier molecular flexibility index (Phi) is 5.68. The summed E-state index contributed by atoms with van der Waals surface area (Å²) < 4.78 is 10.4. The lowest BCUT2D eigenvalue weighted by Crippen LogP contribution is -2.27. The Morgan fingerprint density at radius 3 is 2.52 bits per heavy atom. The molecule has 0 atom stereocenters. The minimum Gasteiger partial charge on any atom is -0.495 e. The third-order valence-electron chi connectivity index (χ3n) is 4.06. The summed E-state index contributed by atoms with van der Waals surface area (Å²) in [6.45, 7) is 1.98. The zero-order valence-electron chi connectivity index (χ0n) is 15.0. The predicted molar refractivity (Wildman–Crippen MR) is 103 cm³/mol. The fourth-order valence-electron chi connectivity index (χ4n) is 2.65. The monoisotopic (exact) mass is 405 g/mol. The molecule has 0 bridgehead atoms. The maximum absolute atomic E-state index is 13.1. The Morgan fingerprint density at radius 2 is 1.93 bits per heavy atom. The minimum absolute atomic E-state index is 0.266. The molecule has 0 saturated carbocycles. The van der Waals surface area contributed by atoms with Crippen LogP contribution in [0.5, 0.6) is 5.75 Å². The van der Waals surface area contributed by atoms with Gasteiger partial charge in [-0.15, -0.1) is 0 Å². The fraction of sp³-hybridized carbons (Fsp3) is 0.211. The number of halogens is 2. The quantitative estimate of drug-likeness (QED) is 0.618. The van der Waals surface area contributed by atoms with E-state index in [9.17, 15) is 4.79 Å². The Balaban J connectivity index is 1.91. The highest BCUT2D eigenvalue weighted by atomic mass is 35.5. The molecule has 1 aromatic carbocycles. The standard InChI is InChI=1S/C19H17Cl2N3O3/c1-11-16(18(23-27-11)17-14(20)5-4-6-15(17)21)19(25)24(2)10-12-7-8-13(26-3)9-22-12/h4-9H,10H2,1-3H3. The van der Waals surface area contributed by atoms with Crippen LogP contribution in [0.15, 0.2) is 41.1 Å². The molecule has 2 aromatic heterocycles. The first-order valence-corrected chi connectivity index (χ1v) is 8.83. The van der Waals surface area contributed by atoms with Crippen LogP contribution in [-0.4, -0.2) is 35.1 Å². The first kappa shape index (κ1) is 19.2. The van der Waals surface area contributed by atoms with Gasteiger partial charge in [-0.05, 0) is 31.2 Å². The summed E-state index contributed by atoms with van der Waals surface area (Å²) in [6.07, 6.45) is 1.60. The lowest BCUT2D eigenvalue weighted by molar-refractivity contribution is 0.0782. The van der Waals surface area contributed by atoms with Gasteiger partial charge in [-0.1, -0.05) is 34.4 Å². The van der Waals surface area contributed by atoms with Crippen molar-refractivity contribution in [3.05, 3.63) is 63.6 Å². The van der Waals surface area contributed by atoms with Crippen LogP contribution in [0.1, 0.15) is 21.8 Å². The largest absolute Gasteiger partial charge is 0.495 e. The van der Waals surface area contributed by atoms with Crippen molar-refractivity contribution in [1.29, 1.82) is 0 Å². The summed E-state index contributed by atoms with van der Waals surface area (Å²) >= 11 is 12.5. The van der Waals surface area contributed by atoms with Crippen LogP contribution >= 0.6 is 23.2 Å². The molecule has 0 unspecified atom stereocenters. The number of hydrogen-bond acceptors (Lipinski definition) is 5. The summed E-state index contributed by atoms with van der Waals surface area (Å²) in [5.74, 6) is 0.774.